The van der Waals surface area contributed by atoms with E-state index >= 15 is 0 Å². The average molecular weight is 582 g/mol. The lowest BCUT2D eigenvalue weighted by Gasteiger charge is -2.34. The summed E-state index contributed by atoms with van der Waals surface area (Å²) in [5, 5.41) is 0.560. The van der Waals surface area contributed by atoms with Crippen LogP contribution < -0.4 is 4.18 Å². The van der Waals surface area contributed by atoms with Gasteiger partial charge in [0, 0.05) is 6.54 Å². The second-order valence-electron chi connectivity index (χ2n) is 10.7. The molecule has 214 valence electrons. The second kappa shape index (κ2) is 11.4. The standard InChI is InChI=1S/C25H34F3NO7S2/c1-16(2)12-13-29(22(17(3)4)23(30)35-24(5,6)7)37(31,32)21-11-9-18-14-20(10-8-19(18)15-21)36-38(33,34)25(26,27)28/h8-11,14-17,22H,12-13H2,1-7H3/t22-/m1/s1. The van der Waals surface area contributed by atoms with Gasteiger partial charge in [-0.25, -0.2) is 8.42 Å². The van der Waals surface area contributed by atoms with Gasteiger partial charge in [0.05, 0.1) is 4.90 Å². The van der Waals surface area contributed by atoms with E-state index in [-0.39, 0.29) is 22.7 Å². The molecule has 0 aliphatic carbocycles. The van der Waals surface area contributed by atoms with Crippen LogP contribution in [0, 0.1) is 11.8 Å². The molecule has 0 fully saturated rings. The Morgan fingerprint density at radius 3 is 1.97 bits per heavy atom. The number of fused-ring (bicyclic) bond motifs is 1. The Morgan fingerprint density at radius 2 is 1.47 bits per heavy atom. The van der Waals surface area contributed by atoms with Gasteiger partial charge in [0.25, 0.3) is 0 Å². The van der Waals surface area contributed by atoms with E-state index in [1.54, 1.807) is 34.6 Å². The van der Waals surface area contributed by atoms with Crippen molar-refractivity contribution in [2.45, 2.75) is 76.9 Å². The number of carbonyl (C=O) groups is 1. The maximum Gasteiger partial charge on any atom is 0.534 e. The lowest BCUT2D eigenvalue weighted by Crippen LogP contribution is -2.50. The highest BCUT2D eigenvalue weighted by Gasteiger charge is 2.48. The minimum Gasteiger partial charge on any atom is -0.459 e. The molecule has 2 rings (SSSR count). The van der Waals surface area contributed by atoms with Gasteiger partial charge in [-0.1, -0.05) is 39.8 Å². The molecule has 0 unspecified atom stereocenters. The van der Waals surface area contributed by atoms with Crippen molar-refractivity contribution in [3.63, 3.8) is 0 Å². The predicted octanol–water partition coefficient (Wildman–Crippen LogP) is 5.47. The number of alkyl halides is 3. The fourth-order valence-corrected chi connectivity index (χ4v) is 5.81. The number of halogens is 3. The quantitative estimate of drug-likeness (QED) is 0.208. The van der Waals surface area contributed by atoms with Crippen molar-refractivity contribution in [2.75, 3.05) is 6.54 Å². The Morgan fingerprint density at radius 1 is 0.921 bits per heavy atom. The molecule has 0 aliphatic heterocycles. The molecule has 8 nitrogen and oxygen atoms in total. The zero-order valence-corrected chi connectivity index (χ0v) is 24.0. The summed E-state index contributed by atoms with van der Waals surface area (Å²) in [5.41, 5.74) is -6.43. The van der Waals surface area contributed by atoms with Crippen molar-refractivity contribution in [1.82, 2.24) is 4.31 Å². The van der Waals surface area contributed by atoms with Gasteiger partial charge in [0.2, 0.25) is 10.0 Å². The molecular weight excluding hydrogens is 547 g/mol. The van der Waals surface area contributed by atoms with Crippen molar-refractivity contribution in [3.05, 3.63) is 36.4 Å². The Hall–Kier alpha value is -2.38. The summed E-state index contributed by atoms with van der Waals surface area (Å²) in [6.07, 6.45) is 0.479. The van der Waals surface area contributed by atoms with Crippen LogP contribution in [0.2, 0.25) is 0 Å². The summed E-state index contributed by atoms with van der Waals surface area (Å²) in [4.78, 5) is 13.0. The first-order valence-electron chi connectivity index (χ1n) is 11.9. The number of hydrogen-bond acceptors (Lipinski definition) is 7. The van der Waals surface area contributed by atoms with Crippen LogP contribution in [-0.4, -0.2) is 50.8 Å². The van der Waals surface area contributed by atoms with Crippen LogP contribution in [0.5, 0.6) is 5.75 Å². The topological polar surface area (TPSA) is 107 Å². The van der Waals surface area contributed by atoms with Crippen molar-refractivity contribution < 1.29 is 43.7 Å². The van der Waals surface area contributed by atoms with E-state index in [1.165, 1.54) is 24.3 Å². The van der Waals surface area contributed by atoms with E-state index in [4.69, 9.17) is 4.74 Å². The van der Waals surface area contributed by atoms with Gasteiger partial charge in [0.1, 0.15) is 17.4 Å². The highest BCUT2D eigenvalue weighted by molar-refractivity contribution is 7.89. The second-order valence-corrected chi connectivity index (χ2v) is 14.1. The molecule has 0 aromatic heterocycles. The lowest BCUT2D eigenvalue weighted by molar-refractivity contribution is -0.161. The normalized spacial score (nSPS) is 14.3. The molecule has 0 aliphatic rings. The summed E-state index contributed by atoms with van der Waals surface area (Å²) >= 11 is 0. The molecule has 0 heterocycles. The Balaban J connectivity index is 2.54. The summed E-state index contributed by atoms with van der Waals surface area (Å²) < 4.78 is 99.2. The molecule has 0 saturated carbocycles. The van der Waals surface area contributed by atoms with Gasteiger partial charge < -0.3 is 8.92 Å². The van der Waals surface area contributed by atoms with Gasteiger partial charge in [-0.2, -0.15) is 25.9 Å². The maximum atomic E-state index is 13.9. The predicted molar refractivity (Wildman–Crippen MR) is 137 cm³/mol. The number of carbonyl (C=O) groups excluding carboxylic acids is 1. The molecule has 0 saturated heterocycles. The van der Waals surface area contributed by atoms with E-state index in [1.807, 2.05) is 13.8 Å². The van der Waals surface area contributed by atoms with E-state index in [2.05, 4.69) is 4.18 Å². The number of sulfonamides is 1. The van der Waals surface area contributed by atoms with Crippen molar-refractivity contribution >= 4 is 36.9 Å². The molecule has 13 heteroatoms. The number of hydrogen-bond donors (Lipinski definition) is 0. The van der Waals surface area contributed by atoms with Gasteiger partial charge in [-0.3, -0.25) is 4.79 Å². The minimum absolute atomic E-state index is 0.0577. The monoisotopic (exact) mass is 581 g/mol. The molecule has 2 aromatic carbocycles. The first-order chi connectivity index (χ1) is 17.2. The van der Waals surface area contributed by atoms with Crippen LogP contribution in [0.15, 0.2) is 41.3 Å². The molecule has 38 heavy (non-hydrogen) atoms. The molecule has 0 radical (unpaired) electrons. The summed E-state index contributed by atoms with van der Waals surface area (Å²) in [5.74, 6) is -1.52. The SMILES string of the molecule is CC(C)CCN([C@@H](C(=O)OC(C)(C)C)C(C)C)S(=O)(=O)c1ccc2cc(OS(=O)(=O)C(F)(F)F)ccc2c1. The summed E-state index contributed by atoms with van der Waals surface area (Å²) in [7, 11) is -10.1. The van der Waals surface area contributed by atoms with E-state index in [0.717, 1.165) is 16.4 Å². The fraction of sp³-hybridized carbons (Fsp3) is 0.560. The maximum absolute atomic E-state index is 13.9. The van der Waals surface area contributed by atoms with Gasteiger partial charge in [0.15, 0.2) is 0 Å². The Bertz CT molecular complexity index is 1360. The number of esters is 1. The Labute approximate surface area is 222 Å². The van der Waals surface area contributed by atoms with Crippen LogP contribution in [0.3, 0.4) is 0 Å². The molecule has 0 bridgehead atoms. The molecule has 0 amide bonds. The van der Waals surface area contributed by atoms with Gasteiger partial charge in [-0.15, -0.1) is 0 Å². The van der Waals surface area contributed by atoms with E-state index < -0.39 is 54.9 Å². The molecular formula is C25H34F3NO7S2. The molecule has 0 spiro atoms. The molecule has 1 atom stereocenters. The number of rotatable bonds is 10. The van der Waals surface area contributed by atoms with Crippen molar-refractivity contribution in [2.24, 2.45) is 11.8 Å². The van der Waals surface area contributed by atoms with Crippen LogP contribution in [-0.2, 0) is 29.7 Å². The van der Waals surface area contributed by atoms with Crippen molar-refractivity contribution in [1.29, 1.82) is 0 Å². The third-order valence-electron chi connectivity index (χ3n) is 5.40. The summed E-state index contributed by atoms with van der Waals surface area (Å²) in [6.45, 7) is 12.4. The number of ether oxygens (including phenoxy) is 1. The largest absolute Gasteiger partial charge is 0.534 e. The fourth-order valence-electron chi connectivity index (χ4n) is 3.60. The van der Waals surface area contributed by atoms with E-state index in [0.29, 0.717) is 11.8 Å². The minimum atomic E-state index is -5.86. The molecule has 0 N–H and O–H groups in total. The highest BCUT2D eigenvalue weighted by Crippen LogP contribution is 2.31. The van der Waals surface area contributed by atoms with E-state index in [9.17, 15) is 34.8 Å². The summed E-state index contributed by atoms with van der Waals surface area (Å²) in [6, 6.07) is 6.09. The number of benzene rings is 2. The zero-order valence-electron chi connectivity index (χ0n) is 22.4. The van der Waals surface area contributed by atoms with Gasteiger partial charge >= 0.3 is 21.6 Å². The molecule has 2 aromatic rings. The Kier molecular flexibility index (Phi) is 9.54. The van der Waals surface area contributed by atoms with Crippen molar-refractivity contribution in [3.8, 4) is 5.75 Å². The average Bonchev–Trinajstić information content (AvgIpc) is 2.73. The van der Waals surface area contributed by atoms with Crippen LogP contribution in [0.4, 0.5) is 13.2 Å². The van der Waals surface area contributed by atoms with Gasteiger partial charge in [-0.05, 0) is 74.1 Å². The lowest BCUT2D eigenvalue weighted by atomic mass is 10.0. The third-order valence-corrected chi connectivity index (χ3v) is 8.25. The number of nitrogens with zero attached hydrogens (tertiary/aromatic N) is 1. The zero-order chi connectivity index (χ0) is 29.3. The smallest absolute Gasteiger partial charge is 0.459 e. The third kappa shape index (κ3) is 7.82. The first-order valence-corrected chi connectivity index (χ1v) is 14.8. The van der Waals surface area contributed by atoms with Crippen LogP contribution in [0.25, 0.3) is 10.8 Å². The van der Waals surface area contributed by atoms with Crippen LogP contribution >= 0.6 is 0 Å². The highest BCUT2D eigenvalue weighted by atomic mass is 32.2. The van der Waals surface area contributed by atoms with Crippen LogP contribution in [0.1, 0.15) is 54.9 Å². The first kappa shape index (κ1) is 31.8.